The van der Waals surface area contributed by atoms with E-state index in [0.717, 1.165) is 12.1 Å². The summed E-state index contributed by atoms with van der Waals surface area (Å²) in [5, 5.41) is 12.6. The van der Waals surface area contributed by atoms with Crippen LogP contribution in [0.2, 0.25) is 5.02 Å². The van der Waals surface area contributed by atoms with Gasteiger partial charge in [-0.2, -0.15) is 13.2 Å². The summed E-state index contributed by atoms with van der Waals surface area (Å²) < 4.78 is 97.9. The molecule has 0 radical (unpaired) electrons. The van der Waals surface area contributed by atoms with Gasteiger partial charge in [-0.3, -0.25) is 4.79 Å². The van der Waals surface area contributed by atoms with Gasteiger partial charge in [-0.25, -0.2) is 12.8 Å². The highest BCUT2D eigenvalue weighted by molar-refractivity contribution is 7.91. The fourth-order valence-corrected chi connectivity index (χ4v) is 5.45. The number of hydrogen-bond acceptors (Lipinski definition) is 4. The molecule has 41 heavy (non-hydrogen) atoms. The standard InChI is InChI=1S/C29H27ClF4N2O4S/c1-2-41(39,40)24-8-4-18(5-9-24)26(17-37)35-28(38)20-6-10-27-21(13-20)15-23(36(27)12-11-31)14-19-3-7-22(30)16-25(19)29(32,33)34/h3-10,13,15-16,26,37H,2,11-12,14,17H2,1H3,(H,35,38)/i14D2. The van der Waals surface area contributed by atoms with Gasteiger partial charge in [-0.1, -0.05) is 36.7 Å². The van der Waals surface area contributed by atoms with E-state index >= 15 is 0 Å². The summed E-state index contributed by atoms with van der Waals surface area (Å²) in [5.41, 5.74) is -1.39. The molecule has 0 aliphatic rings. The van der Waals surface area contributed by atoms with Crippen LogP contribution in [0.25, 0.3) is 10.9 Å². The molecule has 1 heterocycles. The fourth-order valence-electron chi connectivity index (χ4n) is 4.39. The fraction of sp³-hybridized carbons (Fsp3) is 0.276. The number of aryl methyl sites for hydroxylation is 1. The van der Waals surface area contributed by atoms with E-state index in [9.17, 15) is 35.9 Å². The SMILES string of the molecule is [2H]C([2H])(c1ccc(Cl)cc1C(F)(F)F)c1cc2cc(C(=O)NC(CO)c3ccc(S(=O)(=O)CC)cc3)ccc2n1CCF. The Morgan fingerprint density at radius 3 is 2.41 bits per heavy atom. The molecule has 4 aromatic rings. The first-order valence-corrected chi connectivity index (χ1v) is 14.5. The second kappa shape index (κ2) is 12.2. The third kappa shape index (κ3) is 6.74. The van der Waals surface area contributed by atoms with Gasteiger partial charge in [0.05, 0.1) is 35.4 Å². The van der Waals surface area contributed by atoms with Crippen LogP contribution in [-0.2, 0) is 28.9 Å². The molecule has 0 fully saturated rings. The molecule has 1 amide bonds. The van der Waals surface area contributed by atoms with Gasteiger partial charge in [0.1, 0.15) is 6.67 Å². The molecular formula is C29H27ClF4N2O4S. The van der Waals surface area contributed by atoms with Gasteiger partial charge in [0.15, 0.2) is 9.84 Å². The molecule has 0 saturated heterocycles. The van der Waals surface area contributed by atoms with Crippen molar-refractivity contribution in [3.8, 4) is 0 Å². The van der Waals surface area contributed by atoms with E-state index in [4.69, 9.17) is 14.3 Å². The maximum Gasteiger partial charge on any atom is 0.416 e. The number of fused-ring (bicyclic) bond motifs is 1. The average Bonchev–Trinajstić information content (AvgIpc) is 3.34. The number of aromatic nitrogens is 1. The van der Waals surface area contributed by atoms with E-state index in [1.54, 1.807) is 0 Å². The van der Waals surface area contributed by atoms with Crippen LogP contribution in [0.4, 0.5) is 17.6 Å². The van der Waals surface area contributed by atoms with Crippen molar-refractivity contribution in [1.82, 2.24) is 9.88 Å². The predicted molar refractivity (Wildman–Crippen MR) is 149 cm³/mol. The van der Waals surface area contributed by atoms with E-state index in [-0.39, 0.29) is 38.9 Å². The Labute approximate surface area is 242 Å². The van der Waals surface area contributed by atoms with Gasteiger partial charge in [0.2, 0.25) is 0 Å². The molecule has 2 N–H and O–H groups in total. The van der Waals surface area contributed by atoms with Crippen molar-refractivity contribution < 1.29 is 38.6 Å². The van der Waals surface area contributed by atoms with Crippen LogP contribution in [-0.4, -0.2) is 43.0 Å². The molecule has 1 aromatic heterocycles. The normalized spacial score (nSPS) is 14.0. The van der Waals surface area contributed by atoms with Gasteiger partial charge in [0.25, 0.3) is 5.91 Å². The molecule has 218 valence electrons. The molecule has 0 spiro atoms. The highest BCUT2D eigenvalue weighted by atomic mass is 35.5. The number of halogens is 5. The zero-order valence-electron chi connectivity index (χ0n) is 23.7. The first-order chi connectivity index (χ1) is 20.1. The second-order valence-electron chi connectivity index (χ2n) is 9.14. The number of benzene rings is 3. The minimum absolute atomic E-state index is 0.0862. The number of aliphatic hydroxyl groups excluding tert-OH is 1. The summed E-state index contributed by atoms with van der Waals surface area (Å²) in [7, 11) is -3.44. The lowest BCUT2D eigenvalue weighted by Gasteiger charge is -2.17. The minimum atomic E-state index is -4.91. The number of alkyl halides is 4. The van der Waals surface area contributed by atoms with Crippen LogP contribution in [0.5, 0.6) is 0 Å². The number of carbonyl (C=O) groups is 1. The number of amides is 1. The highest BCUT2D eigenvalue weighted by Gasteiger charge is 2.33. The molecule has 0 bridgehead atoms. The summed E-state index contributed by atoms with van der Waals surface area (Å²) >= 11 is 5.77. The van der Waals surface area contributed by atoms with E-state index in [2.05, 4.69) is 5.32 Å². The Kier molecular flexibility index (Phi) is 8.27. The number of hydrogen-bond donors (Lipinski definition) is 2. The number of sulfone groups is 1. The molecule has 0 saturated carbocycles. The predicted octanol–water partition coefficient (Wildman–Crippen LogP) is 6.13. The zero-order valence-corrected chi connectivity index (χ0v) is 23.2. The molecule has 0 aliphatic carbocycles. The minimum Gasteiger partial charge on any atom is -0.394 e. The van der Waals surface area contributed by atoms with Gasteiger partial charge in [-0.15, -0.1) is 0 Å². The molecule has 1 unspecified atom stereocenters. The number of nitrogens with one attached hydrogen (secondary N) is 1. The molecule has 12 heteroatoms. The van der Waals surface area contributed by atoms with Crippen LogP contribution in [0.15, 0.2) is 71.6 Å². The first-order valence-electron chi connectivity index (χ1n) is 13.5. The summed E-state index contributed by atoms with van der Waals surface area (Å²) in [6, 6.07) is 13.0. The van der Waals surface area contributed by atoms with Crippen LogP contribution < -0.4 is 5.32 Å². The Balaban J connectivity index is 1.70. The third-order valence-corrected chi connectivity index (χ3v) is 8.52. The molecule has 0 aliphatic heterocycles. The van der Waals surface area contributed by atoms with Gasteiger partial charge in [0, 0.05) is 36.3 Å². The molecule has 1 atom stereocenters. The summed E-state index contributed by atoms with van der Waals surface area (Å²) in [6.07, 6.45) is -7.64. The van der Waals surface area contributed by atoms with E-state index in [1.807, 2.05) is 0 Å². The quantitative estimate of drug-likeness (QED) is 0.211. The lowest BCUT2D eigenvalue weighted by molar-refractivity contribution is -0.138. The lowest BCUT2D eigenvalue weighted by Crippen LogP contribution is -2.30. The smallest absolute Gasteiger partial charge is 0.394 e. The van der Waals surface area contributed by atoms with Crippen LogP contribution in [0, 0.1) is 0 Å². The van der Waals surface area contributed by atoms with E-state index in [0.29, 0.717) is 17.1 Å². The van der Waals surface area contributed by atoms with Crippen LogP contribution in [0.3, 0.4) is 0 Å². The van der Waals surface area contributed by atoms with Crippen molar-refractivity contribution in [3.63, 3.8) is 0 Å². The Bertz CT molecular complexity index is 1760. The van der Waals surface area contributed by atoms with Gasteiger partial charge < -0.3 is 15.0 Å². The van der Waals surface area contributed by atoms with Crippen molar-refractivity contribution in [2.75, 3.05) is 19.0 Å². The van der Waals surface area contributed by atoms with Crippen LogP contribution in [0.1, 0.15) is 48.4 Å². The molecule has 6 nitrogen and oxygen atoms in total. The van der Waals surface area contributed by atoms with Gasteiger partial charge >= 0.3 is 6.18 Å². The third-order valence-electron chi connectivity index (χ3n) is 6.53. The van der Waals surface area contributed by atoms with Crippen molar-refractivity contribution in [2.45, 2.75) is 37.0 Å². The van der Waals surface area contributed by atoms with Gasteiger partial charge in [-0.05, 0) is 59.7 Å². The largest absolute Gasteiger partial charge is 0.416 e. The molecular weight excluding hydrogens is 584 g/mol. The lowest BCUT2D eigenvalue weighted by atomic mass is 10.0. The first kappa shape index (κ1) is 27.7. The summed E-state index contributed by atoms with van der Waals surface area (Å²) in [6.45, 7) is -0.279. The summed E-state index contributed by atoms with van der Waals surface area (Å²) in [5.74, 6) is -0.722. The number of carbonyl (C=O) groups excluding carboxylic acids is 1. The van der Waals surface area contributed by atoms with Crippen LogP contribution >= 0.6 is 11.6 Å². The topological polar surface area (TPSA) is 88.4 Å². The van der Waals surface area contributed by atoms with E-state index in [1.165, 1.54) is 60.0 Å². The van der Waals surface area contributed by atoms with Crippen molar-refractivity contribution >= 4 is 38.2 Å². The Hall–Kier alpha value is -3.41. The second-order valence-corrected chi connectivity index (χ2v) is 11.9. The zero-order chi connectivity index (χ0) is 31.7. The maximum absolute atomic E-state index is 13.8. The number of aliphatic hydroxyl groups is 1. The van der Waals surface area contributed by atoms with Crippen molar-refractivity contribution in [1.29, 1.82) is 0 Å². The van der Waals surface area contributed by atoms with Crippen molar-refractivity contribution in [3.05, 3.63) is 99.7 Å². The summed E-state index contributed by atoms with van der Waals surface area (Å²) in [4.78, 5) is 13.2. The average molecular weight is 613 g/mol. The van der Waals surface area contributed by atoms with Crippen molar-refractivity contribution in [2.24, 2.45) is 0 Å². The molecule has 3 aromatic carbocycles. The number of nitrogens with zero attached hydrogens (tertiary/aromatic N) is 1. The molecule has 4 rings (SSSR count). The maximum atomic E-state index is 13.8. The Morgan fingerprint density at radius 2 is 1.80 bits per heavy atom. The highest BCUT2D eigenvalue weighted by Crippen LogP contribution is 2.35. The number of rotatable bonds is 10. The van der Waals surface area contributed by atoms with E-state index < -0.39 is 58.7 Å². The monoisotopic (exact) mass is 612 g/mol. The Morgan fingerprint density at radius 1 is 1.10 bits per heavy atom.